The van der Waals surface area contributed by atoms with Gasteiger partial charge in [0.15, 0.2) is 0 Å². The summed E-state index contributed by atoms with van der Waals surface area (Å²) in [6, 6.07) is 7.84. The van der Waals surface area contributed by atoms with E-state index in [2.05, 4.69) is 27.5 Å². The molecule has 0 bridgehead atoms. The number of aryl methyl sites for hydroxylation is 1. The van der Waals surface area contributed by atoms with Crippen molar-refractivity contribution >= 4 is 22.9 Å². The van der Waals surface area contributed by atoms with Gasteiger partial charge in [-0.05, 0) is 50.3 Å². The fourth-order valence-electron chi connectivity index (χ4n) is 2.99. The van der Waals surface area contributed by atoms with Crippen LogP contribution in [0.15, 0.2) is 29.6 Å². The third kappa shape index (κ3) is 5.65. The molecular formula is C20H27N3OS. The maximum atomic E-state index is 12.3. The Kier molecular flexibility index (Phi) is 6.21. The molecule has 1 aromatic heterocycles. The largest absolute Gasteiger partial charge is 0.325 e. The van der Waals surface area contributed by atoms with Gasteiger partial charge in [0.2, 0.25) is 5.91 Å². The molecule has 3 rings (SSSR count). The Hall–Kier alpha value is -1.72. The maximum absolute atomic E-state index is 12.3. The number of nitrogens with zero attached hydrogens (tertiary/aromatic N) is 2. The van der Waals surface area contributed by atoms with E-state index in [1.54, 1.807) is 11.3 Å². The minimum atomic E-state index is -0.00130. The van der Waals surface area contributed by atoms with E-state index in [1.807, 2.05) is 31.2 Å². The van der Waals surface area contributed by atoms with Crippen LogP contribution in [0.25, 0.3) is 0 Å². The van der Waals surface area contributed by atoms with Crippen molar-refractivity contribution in [3.63, 3.8) is 0 Å². The van der Waals surface area contributed by atoms with Crippen molar-refractivity contribution in [1.82, 2.24) is 9.88 Å². The molecule has 4 nitrogen and oxygen atoms in total. The van der Waals surface area contributed by atoms with E-state index in [0.29, 0.717) is 6.42 Å². The van der Waals surface area contributed by atoms with E-state index in [1.165, 1.54) is 25.8 Å². The van der Waals surface area contributed by atoms with Gasteiger partial charge < -0.3 is 5.32 Å². The number of thiazole rings is 1. The highest BCUT2D eigenvalue weighted by atomic mass is 32.1. The summed E-state index contributed by atoms with van der Waals surface area (Å²) < 4.78 is 0. The maximum Gasteiger partial charge on any atom is 0.231 e. The number of benzene rings is 1. The van der Waals surface area contributed by atoms with Gasteiger partial charge >= 0.3 is 0 Å². The van der Waals surface area contributed by atoms with Crippen molar-refractivity contribution < 1.29 is 4.79 Å². The Balaban J connectivity index is 1.53. The van der Waals surface area contributed by atoms with Crippen molar-refractivity contribution in [2.45, 2.75) is 46.1 Å². The summed E-state index contributed by atoms with van der Waals surface area (Å²) in [5, 5.41) is 5.98. The van der Waals surface area contributed by atoms with Gasteiger partial charge in [0.1, 0.15) is 5.01 Å². The number of hydrogen-bond donors (Lipinski definition) is 1. The van der Waals surface area contributed by atoms with Crippen LogP contribution in [0.3, 0.4) is 0 Å². The first-order valence-corrected chi connectivity index (χ1v) is 10.0. The lowest BCUT2D eigenvalue weighted by Gasteiger charge is -2.20. The summed E-state index contributed by atoms with van der Waals surface area (Å²) in [4.78, 5) is 19.5. The number of carbonyl (C=O) groups is 1. The zero-order valence-corrected chi connectivity index (χ0v) is 15.9. The van der Waals surface area contributed by atoms with Crippen molar-refractivity contribution in [3.05, 3.63) is 45.9 Å². The Morgan fingerprint density at radius 2 is 2.16 bits per heavy atom. The highest BCUT2D eigenvalue weighted by molar-refractivity contribution is 7.09. The van der Waals surface area contributed by atoms with Crippen LogP contribution in [0.2, 0.25) is 0 Å². The molecule has 0 atom stereocenters. The third-order valence-electron chi connectivity index (χ3n) is 4.47. The Morgan fingerprint density at radius 3 is 2.88 bits per heavy atom. The molecule has 1 heterocycles. The Labute approximate surface area is 154 Å². The predicted molar refractivity (Wildman–Crippen MR) is 104 cm³/mol. The molecule has 0 saturated heterocycles. The van der Waals surface area contributed by atoms with Crippen LogP contribution in [0.1, 0.15) is 42.5 Å². The molecule has 0 spiro atoms. The van der Waals surface area contributed by atoms with E-state index in [0.717, 1.165) is 41.0 Å². The van der Waals surface area contributed by atoms with Crippen LogP contribution in [0.5, 0.6) is 0 Å². The zero-order valence-electron chi connectivity index (χ0n) is 15.1. The molecule has 1 aliphatic rings. The molecule has 1 amide bonds. The lowest BCUT2D eigenvalue weighted by molar-refractivity contribution is -0.115. The number of nitrogens with one attached hydrogen (secondary N) is 1. The van der Waals surface area contributed by atoms with E-state index in [4.69, 9.17) is 0 Å². The molecule has 1 saturated carbocycles. The second kappa shape index (κ2) is 8.59. The summed E-state index contributed by atoms with van der Waals surface area (Å²) >= 11 is 1.59. The van der Waals surface area contributed by atoms with Crippen molar-refractivity contribution in [3.8, 4) is 0 Å². The van der Waals surface area contributed by atoms with Crippen LogP contribution in [0.4, 0.5) is 5.69 Å². The lowest BCUT2D eigenvalue weighted by Crippen LogP contribution is -2.26. The van der Waals surface area contributed by atoms with Crippen LogP contribution >= 0.6 is 11.3 Å². The summed E-state index contributed by atoms with van der Waals surface area (Å²) in [6.07, 6.45) is 4.27. The number of carbonyl (C=O) groups excluding carboxylic acids is 1. The molecule has 2 aromatic rings. The lowest BCUT2D eigenvalue weighted by atomic mass is 10.2. The van der Waals surface area contributed by atoms with Crippen LogP contribution in [-0.2, 0) is 17.8 Å². The second-order valence-electron chi connectivity index (χ2n) is 6.95. The quantitative estimate of drug-likeness (QED) is 0.729. The fraction of sp³-hybridized carbons (Fsp3) is 0.500. The van der Waals surface area contributed by atoms with Gasteiger partial charge in [0.05, 0.1) is 12.1 Å². The summed E-state index contributed by atoms with van der Waals surface area (Å²) in [6.45, 7) is 7.44. The highest BCUT2D eigenvalue weighted by Gasteiger charge is 2.24. The average molecular weight is 358 g/mol. The number of amides is 1. The summed E-state index contributed by atoms with van der Waals surface area (Å²) in [7, 11) is 0. The van der Waals surface area contributed by atoms with Crippen LogP contribution in [0, 0.1) is 12.8 Å². The van der Waals surface area contributed by atoms with Crippen molar-refractivity contribution in [2.75, 3.05) is 18.4 Å². The number of anilines is 1. The summed E-state index contributed by atoms with van der Waals surface area (Å²) in [5.74, 6) is 0.892. The van der Waals surface area contributed by atoms with Gasteiger partial charge in [0, 0.05) is 24.2 Å². The molecule has 1 N–H and O–H groups in total. The van der Waals surface area contributed by atoms with Crippen molar-refractivity contribution in [2.24, 2.45) is 5.92 Å². The molecule has 5 heteroatoms. The number of aromatic nitrogens is 1. The minimum absolute atomic E-state index is 0.00130. The van der Waals surface area contributed by atoms with E-state index < -0.39 is 0 Å². The molecule has 0 aliphatic heterocycles. The van der Waals surface area contributed by atoms with E-state index >= 15 is 0 Å². The van der Waals surface area contributed by atoms with Crippen LogP contribution in [-0.4, -0.2) is 28.9 Å². The van der Waals surface area contributed by atoms with Gasteiger partial charge in [-0.25, -0.2) is 4.98 Å². The van der Waals surface area contributed by atoms with Gasteiger partial charge in [0.25, 0.3) is 0 Å². The number of para-hydroxylation sites is 1. The Bertz CT molecular complexity index is 708. The van der Waals surface area contributed by atoms with Gasteiger partial charge in [-0.15, -0.1) is 11.3 Å². The molecular weight excluding hydrogens is 330 g/mol. The molecule has 0 radical (unpaired) electrons. The van der Waals surface area contributed by atoms with Gasteiger partial charge in [-0.2, -0.15) is 0 Å². The third-order valence-corrected chi connectivity index (χ3v) is 5.37. The molecule has 1 aliphatic carbocycles. The minimum Gasteiger partial charge on any atom is -0.325 e. The number of rotatable bonds is 9. The first kappa shape index (κ1) is 18.1. The monoisotopic (exact) mass is 357 g/mol. The van der Waals surface area contributed by atoms with E-state index in [9.17, 15) is 4.79 Å². The molecule has 134 valence electrons. The highest BCUT2D eigenvalue weighted by Crippen LogP contribution is 2.30. The van der Waals surface area contributed by atoms with E-state index in [-0.39, 0.29) is 5.91 Å². The normalized spacial score (nSPS) is 14.0. The molecule has 25 heavy (non-hydrogen) atoms. The first-order valence-electron chi connectivity index (χ1n) is 9.15. The fourth-order valence-corrected chi connectivity index (χ4v) is 3.78. The molecule has 0 unspecified atom stereocenters. The topological polar surface area (TPSA) is 45.2 Å². The first-order chi connectivity index (χ1) is 12.1. The molecule has 1 fully saturated rings. The molecule has 1 aromatic carbocycles. The van der Waals surface area contributed by atoms with Crippen molar-refractivity contribution in [1.29, 1.82) is 0 Å². The Morgan fingerprint density at radius 1 is 1.36 bits per heavy atom. The van der Waals surface area contributed by atoms with Gasteiger partial charge in [-0.1, -0.05) is 25.1 Å². The van der Waals surface area contributed by atoms with Gasteiger partial charge in [-0.3, -0.25) is 9.69 Å². The smallest absolute Gasteiger partial charge is 0.231 e. The number of hydrogen-bond acceptors (Lipinski definition) is 4. The second-order valence-corrected chi connectivity index (χ2v) is 7.89. The zero-order chi connectivity index (χ0) is 17.6. The van der Waals surface area contributed by atoms with Crippen LogP contribution < -0.4 is 5.32 Å². The average Bonchev–Trinajstić information content (AvgIpc) is 3.28. The summed E-state index contributed by atoms with van der Waals surface area (Å²) in [5.41, 5.74) is 3.05. The predicted octanol–water partition coefficient (Wildman–Crippen LogP) is 4.25. The SMILES string of the molecule is CCCN(Cc1csc(CC(=O)Nc2ccccc2C)n1)CC1CC1. The standard InChI is InChI=1S/C20H27N3OS/c1-3-10-23(12-16-8-9-16)13-17-14-25-20(21-17)11-19(24)22-18-7-5-4-6-15(18)2/h4-7,14,16H,3,8-13H2,1-2H3,(H,22,24).